The van der Waals surface area contributed by atoms with E-state index >= 15 is 0 Å². The molecule has 0 aromatic heterocycles. The number of benzene rings is 3. The first-order chi connectivity index (χ1) is 15.0. The number of hydrogen-bond acceptors (Lipinski definition) is 4. The van der Waals surface area contributed by atoms with Crippen molar-refractivity contribution in [2.45, 2.75) is 19.4 Å². The summed E-state index contributed by atoms with van der Waals surface area (Å²) in [5.74, 6) is -1.21. The highest BCUT2D eigenvalue weighted by Crippen LogP contribution is 2.46. The van der Waals surface area contributed by atoms with Gasteiger partial charge in [-0.1, -0.05) is 42.5 Å². The molecule has 2 unspecified atom stereocenters. The smallest absolute Gasteiger partial charge is 0.311 e. The van der Waals surface area contributed by atoms with Gasteiger partial charge in [0.1, 0.15) is 0 Å². The maximum Gasteiger partial charge on any atom is 0.311 e. The average Bonchev–Trinajstić information content (AvgIpc) is 2.80. The van der Waals surface area contributed by atoms with E-state index in [0.29, 0.717) is 17.5 Å². The highest BCUT2D eigenvalue weighted by molar-refractivity contribution is 6.06. The van der Waals surface area contributed by atoms with Gasteiger partial charge in [-0.15, -0.1) is 0 Å². The second kappa shape index (κ2) is 8.45. The molecule has 0 aliphatic heterocycles. The summed E-state index contributed by atoms with van der Waals surface area (Å²) in [7, 11) is 1.34. The number of ether oxygens (including phenoxy) is 1. The number of nitriles is 1. The van der Waals surface area contributed by atoms with Crippen LogP contribution in [0.5, 0.6) is 0 Å². The molecule has 1 aliphatic rings. The molecule has 0 fully saturated rings. The Morgan fingerprint density at radius 2 is 1.68 bits per heavy atom. The van der Waals surface area contributed by atoms with E-state index in [4.69, 9.17) is 10.00 Å². The third kappa shape index (κ3) is 3.93. The molecule has 1 N–H and O–H groups in total. The number of amides is 1. The van der Waals surface area contributed by atoms with Crippen LogP contribution in [-0.4, -0.2) is 25.0 Å². The Kier molecular flexibility index (Phi) is 5.55. The molecule has 5 heteroatoms. The molecule has 0 radical (unpaired) electrons. The summed E-state index contributed by atoms with van der Waals surface area (Å²) in [6, 6.07) is 22.5. The molecule has 5 nitrogen and oxygen atoms in total. The Balaban J connectivity index is 1.50. The van der Waals surface area contributed by atoms with E-state index in [1.807, 2.05) is 36.4 Å². The van der Waals surface area contributed by atoms with Crippen LogP contribution in [0.25, 0.3) is 22.3 Å². The summed E-state index contributed by atoms with van der Waals surface area (Å²) >= 11 is 0. The molecule has 0 saturated carbocycles. The van der Waals surface area contributed by atoms with Crippen molar-refractivity contribution in [1.82, 2.24) is 5.32 Å². The minimum atomic E-state index is -0.574. The van der Waals surface area contributed by atoms with E-state index in [1.54, 1.807) is 31.2 Å². The Bertz CT molecular complexity index is 1210. The Hall–Kier alpha value is -3.91. The highest BCUT2D eigenvalue weighted by atomic mass is 16.5. The first-order valence-corrected chi connectivity index (χ1v) is 10.1. The number of hydrogen-bond donors (Lipinski definition) is 1. The second-order valence-electron chi connectivity index (χ2n) is 7.71. The number of nitrogens with one attached hydrogen (secondary N) is 1. The molecule has 0 saturated heterocycles. The first-order valence-electron chi connectivity index (χ1n) is 10.1. The van der Waals surface area contributed by atoms with Crippen molar-refractivity contribution in [1.29, 1.82) is 5.26 Å². The molecule has 0 heterocycles. The molecule has 154 valence electrons. The molecule has 0 bridgehead atoms. The number of carbonyl (C=O) groups excluding carboxylic acids is 2. The monoisotopic (exact) mass is 410 g/mol. The molecule has 3 aromatic carbocycles. The predicted molar refractivity (Wildman–Crippen MR) is 118 cm³/mol. The fraction of sp³-hybridized carbons (Fsp3) is 0.192. The van der Waals surface area contributed by atoms with Crippen molar-refractivity contribution < 1.29 is 14.3 Å². The number of esters is 1. The van der Waals surface area contributed by atoms with Gasteiger partial charge in [-0.2, -0.15) is 5.26 Å². The molecule has 31 heavy (non-hydrogen) atoms. The van der Waals surface area contributed by atoms with Crippen molar-refractivity contribution in [3.63, 3.8) is 0 Å². The van der Waals surface area contributed by atoms with E-state index in [2.05, 4.69) is 17.5 Å². The maximum absolute atomic E-state index is 12.9. The lowest BCUT2D eigenvalue weighted by molar-refractivity contribution is -0.146. The number of fused-ring (bicyclic) bond motifs is 4. The zero-order valence-electron chi connectivity index (χ0n) is 17.4. The quantitative estimate of drug-likeness (QED) is 0.479. The number of methoxy groups -OCH3 is 1. The summed E-state index contributed by atoms with van der Waals surface area (Å²) in [5.41, 5.74) is 6.47. The summed E-state index contributed by atoms with van der Waals surface area (Å²) in [5, 5.41) is 12.1. The summed E-state index contributed by atoms with van der Waals surface area (Å²) < 4.78 is 4.98. The second-order valence-corrected chi connectivity index (χ2v) is 7.71. The predicted octanol–water partition coefficient (Wildman–Crippen LogP) is 4.36. The summed E-state index contributed by atoms with van der Waals surface area (Å²) in [6.07, 6.45) is 0.362. The van der Waals surface area contributed by atoms with E-state index in [0.717, 1.165) is 22.3 Å². The van der Waals surface area contributed by atoms with Gasteiger partial charge in [-0.25, -0.2) is 0 Å². The van der Waals surface area contributed by atoms with Gasteiger partial charge in [-0.05, 0) is 65.4 Å². The van der Waals surface area contributed by atoms with Crippen LogP contribution in [0, 0.1) is 17.2 Å². The molecule has 2 atom stereocenters. The van der Waals surface area contributed by atoms with Crippen LogP contribution in [0.2, 0.25) is 0 Å². The Labute approximate surface area is 181 Å². The van der Waals surface area contributed by atoms with Crippen molar-refractivity contribution in [2.75, 3.05) is 7.11 Å². The van der Waals surface area contributed by atoms with Crippen molar-refractivity contribution in [2.24, 2.45) is 5.92 Å². The number of rotatable bonds is 6. The lowest BCUT2D eigenvalue weighted by Crippen LogP contribution is -2.42. The largest absolute Gasteiger partial charge is 0.469 e. The third-order valence-corrected chi connectivity index (χ3v) is 5.77. The number of carbonyl (C=O) groups is 2. The van der Waals surface area contributed by atoms with Crippen LogP contribution in [0.1, 0.15) is 28.4 Å². The zero-order chi connectivity index (χ0) is 22.0. The van der Waals surface area contributed by atoms with Crippen LogP contribution in [0.3, 0.4) is 0 Å². The molecule has 1 amide bonds. The topological polar surface area (TPSA) is 79.2 Å². The van der Waals surface area contributed by atoms with E-state index in [-0.39, 0.29) is 5.91 Å². The van der Waals surface area contributed by atoms with Gasteiger partial charge < -0.3 is 10.1 Å². The van der Waals surface area contributed by atoms with Gasteiger partial charge in [0.25, 0.3) is 5.91 Å². The Morgan fingerprint density at radius 1 is 0.968 bits per heavy atom. The first kappa shape index (κ1) is 20.4. The van der Waals surface area contributed by atoms with E-state index in [9.17, 15) is 9.59 Å². The fourth-order valence-electron chi connectivity index (χ4n) is 4.06. The van der Waals surface area contributed by atoms with Crippen LogP contribution in [-0.2, 0) is 16.0 Å². The molecule has 4 rings (SSSR count). The van der Waals surface area contributed by atoms with E-state index < -0.39 is 17.9 Å². The zero-order valence-corrected chi connectivity index (χ0v) is 17.4. The summed E-state index contributed by atoms with van der Waals surface area (Å²) in [6.45, 7) is 1.80. The van der Waals surface area contributed by atoms with Gasteiger partial charge in [0.15, 0.2) is 0 Å². The molecule has 1 aliphatic carbocycles. The average molecular weight is 410 g/mol. The maximum atomic E-state index is 12.9. The minimum Gasteiger partial charge on any atom is -0.469 e. The summed E-state index contributed by atoms with van der Waals surface area (Å²) in [4.78, 5) is 25.4. The van der Waals surface area contributed by atoms with Crippen molar-refractivity contribution >= 4 is 11.9 Å². The van der Waals surface area contributed by atoms with Crippen molar-refractivity contribution in [3.8, 4) is 28.3 Å². The fourth-order valence-corrected chi connectivity index (χ4v) is 4.06. The van der Waals surface area contributed by atoms with Gasteiger partial charge in [0.2, 0.25) is 0 Å². The van der Waals surface area contributed by atoms with Crippen molar-refractivity contribution in [3.05, 3.63) is 83.4 Å². The van der Waals surface area contributed by atoms with Gasteiger partial charge in [0.05, 0.1) is 24.7 Å². The lowest BCUT2D eigenvalue weighted by atomic mass is 9.80. The SMILES string of the molecule is COC(=O)C(Cc1cccc(C#N)c1)C(C)NC(=O)c1ccc2c(c1)-c1ccccc1-2. The van der Waals surface area contributed by atoms with Gasteiger partial charge in [-0.3, -0.25) is 9.59 Å². The Morgan fingerprint density at radius 3 is 2.39 bits per heavy atom. The molecular weight excluding hydrogens is 388 g/mol. The van der Waals surface area contributed by atoms with Crippen LogP contribution < -0.4 is 5.32 Å². The van der Waals surface area contributed by atoms with Crippen LogP contribution in [0.4, 0.5) is 0 Å². The normalized spacial score (nSPS) is 12.9. The van der Waals surface area contributed by atoms with Crippen LogP contribution >= 0.6 is 0 Å². The standard InChI is InChI=1S/C26H22N2O3/c1-16(23(26(30)31-2)13-17-6-5-7-18(12-17)15-27)28-25(29)19-10-11-22-20-8-3-4-9-21(20)24(22)14-19/h3-12,14,16,23H,13H2,1-2H3,(H,28,29). The molecular formula is C26H22N2O3. The molecule has 3 aromatic rings. The number of nitrogens with zero attached hydrogens (tertiary/aromatic N) is 1. The minimum absolute atomic E-state index is 0.237. The third-order valence-electron chi connectivity index (χ3n) is 5.77. The highest BCUT2D eigenvalue weighted by Gasteiger charge is 2.29. The van der Waals surface area contributed by atoms with Gasteiger partial charge >= 0.3 is 5.97 Å². The lowest BCUT2D eigenvalue weighted by Gasteiger charge is -2.25. The van der Waals surface area contributed by atoms with Gasteiger partial charge in [0, 0.05) is 11.6 Å². The van der Waals surface area contributed by atoms with Crippen LogP contribution in [0.15, 0.2) is 66.7 Å². The molecule has 0 spiro atoms. The van der Waals surface area contributed by atoms with E-state index in [1.165, 1.54) is 12.7 Å².